The van der Waals surface area contributed by atoms with Gasteiger partial charge in [0.25, 0.3) is 0 Å². The first-order valence-electron chi connectivity index (χ1n) is 13.9. The molecule has 1 saturated heterocycles. The molecule has 0 spiro atoms. The van der Waals surface area contributed by atoms with E-state index in [9.17, 15) is 22.8 Å². The molecule has 1 fully saturated rings. The second kappa shape index (κ2) is 13.6. The molecule has 1 aromatic heterocycles. The second-order valence-corrected chi connectivity index (χ2v) is 11.3. The molecule has 0 aliphatic carbocycles. The van der Waals surface area contributed by atoms with Crippen LogP contribution in [0.15, 0.2) is 78.0 Å². The number of aliphatic imine (C=N–C) groups is 1. The number of benzene rings is 3. The lowest BCUT2D eigenvalue weighted by Gasteiger charge is -2.22. The van der Waals surface area contributed by atoms with Crippen LogP contribution in [0.25, 0.3) is 17.1 Å². The van der Waals surface area contributed by atoms with E-state index in [2.05, 4.69) is 25.1 Å². The summed E-state index contributed by atoms with van der Waals surface area (Å²) in [5.74, 6) is 0.547. The van der Waals surface area contributed by atoms with Crippen LogP contribution < -0.4 is 19.7 Å². The zero-order valence-corrected chi connectivity index (χ0v) is 25.6. The normalized spacial score (nSPS) is 15.0. The maximum atomic E-state index is 15.1. The third-order valence-electron chi connectivity index (χ3n) is 6.85. The van der Waals surface area contributed by atoms with Crippen LogP contribution in [0.1, 0.15) is 37.1 Å². The zero-order chi connectivity index (χ0) is 33.0. The average molecular weight is 657 g/mol. The molecule has 2 heterocycles. The van der Waals surface area contributed by atoms with E-state index in [0.29, 0.717) is 34.1 Å². The van der Waals surface area contributed by atoms with Crippen molar-refractivity contribution in [2.45, 2.75) is 32.3 Å². The Morgan fingerprint density at radius 1 is 1.07 bits per heavy atom. The van der Waals surface area contributed by atoms with Crippen molar-refractivity contribution in [3.8, 4) is 28.6 Å². The summed E-state index contributed by atoms with van der Waals surface area (Å²) >= 11 is 1.13. The van der Waals surface area contributed by atoms with Gasteiger partial charge < -0.3 is 14.8 Å². The lowest BCUT2D eigenvalue weighted by atomic mass is 10.00. The van der Waals surface area contributed by atoms with Crippen LogP contribution in [0.5, 0.6) is 11.5 Å². The lowest BCUT2D eigenvalue weighted by molar-refractivity contribution is -0.274. The first-order chi connectivity index (χ1) is 21.9. The molecule has 1 aliphatic heterocycles. The Morgan fingerprint density at radius 3 is 2.41 bits per heavy atom. The molecule has 1 atom stereocenters. The fraction of sp³-hybridized carbons (Fsp3) is 0.258. The van der Waals surface area contributed by atoms with Crippen LogP contribution in [0, 0.1) is 0 Å². The predicted octanol–water partition coefficient (Wildman–Crippen LogP) is 6.82. The van der Waals surface area contributed by atoms with E-state index in [1.165, 1.54) is 40.2 Å². The molecule has 1 N–H and O–H groups in total. The van der Waals surface area contributed by atoms with E-state index in [1.54, 1.807) is 31.4 Å². The smallest absolute Gasteiger partial charge is 0.497 e. The Kier molecular flexibility index (Phi) is 9.60. The Hall–Kier alpha value is -4.92. The molecule has 240 valence electrons. The van der Waals surface area contributed by atoms with E-state index >= 15 is 4.39 Å². The molecule has 15 heteroatoms. The van der Waals surface area contributed by atoms with Crippen molar-refractivity contribution in [1.29, 1.82) is 0 Å². The number of nitrogens with zero attached hydrogens (tertiary/aromatic N) is 5. The van der Waals surface area contributed by atoms with E-state index < -0.39 is 18.6 Å². The number of urea groups is 1. The van der Waals surface area contributed by atoms with Gasteiger partial charge in [0.05, 0.1) is 30.8 Å². The van der Waals surface area contributed by atoms with Crippen molar-refractivity contribution < 1.29 is 36.6 Å². The van der Waals surface area contributed by atoms with Gasteiger partial charge in [0.2, 0.25) is 5.91 Å². The number of ether oxygens (including phenoxy) is 2. The summed E-state index contributed by atoms with van der Waals surface area (Å²) in [4.78, 5) is 35.1. The standard InChI is InChI=1S/C31H28F4N6O4S/c1-18(2)24-14-23(44-3)12-13-26(24)41-27(42)16-46-30(41)38-29(43)36-15-25(32)19-4-6-20(7-5-19)28-37-17-40(39-28)21-8-10-22(11-9-21)45-31(33,34)35/h4-14,17-18,25H,15-16H2,1-3H3,(H,36,43)/b38-30-. The molecule has 10 nitrogen and oxygen atoms in total. The monoisotopic (exact) mass is 656 g/mol. The van der Waals surface area contributed by atoms with E-state index in [1.807, 2.05) is 19.9 Å². The highest BCUT2D eigenvalue weighted by atomic mass is 32.2. The van der Waals surface area contributed by atoms with Crippen molar-refractivity contribution in [2.24, 2.45) is 4.99 Å². The highest BCUT2D eigenvalue weighted by Crippen LogP contribution is 2.36. The second-order valence-electron chi connectivity index (χ2n) is 10.3. The number of carbonyl (C=O) groups excluding carboxylic acids is 2. The summed E-state index contributed by atoms with van der Waals surface area (Å²) in [6.45, 7) is 3.61. The minimum atomic E-state index is -4.79. The van der Waals surface area contributed by atoms with Gasteiger partial charge in [-0.15, -0.1) is 18.3 Å². The number of hydrogen-bond donors (Lipinski definition) is 1. The van der Waals surface area contributed by atoms with Gasteiger partial charge in [0.1, 0.15) is 24.0 Å². The Bertz CT molecular complexity index is 1740. The zero-order valence-electron chi connectivity index (χ0n) is 24.8. The lowest BCUT2D eigenvalue weighted by Crippen LogP contribution is -2.32. The first-order valence-corrected chi connectivity index (χ1v) is 14.9. The number of nitrogens with one attached hydrogen (secondary N) is 1. The maximum absolute atomic E-state index is 15.1. The molecule has 5 rings (SSSR count). The Morgan fingerprint density at radius 2 is 1.76 bits per heavy atom. The number of aromatic nitrogens is 3. The molecular formula is C31H28F4N6O4S. The Labute approximate surface area is 265 Å². The molecule has 0 bridgehead atoms. The number of methoxy groups -OCH3 is 1. The van der Waals surface area contributed by atoms with Crippen LogP contribution in [0.4, 0.5) is 28.0 Å². The molecule has 4 aromatic rings. The van der Waals surface area contributed by atoms with E-state index in [0.717, 1.165) is 29.5 Å². The highest BCUT2D eigenvalue weighted by Gasteiger charge is 2.33. The first kappa shape index (κ1) is 32.5. The number of anilines is 1. The molecule has 1 unspecified atom stereocenters. The van der Waals surface area contributed by atoms with Gasteiger partial charge in [-0.05, 0) is 59.5 Å². The third-order valence-corrected chi connectivity index (χ3v) is 7.77. The van der Waals surface area contributed by atoms with E-state index in [-0.39, 0.29) is 35.0 Å². The Balaban J connectivity index is 1.20. The fourth-order valence-electron chi connectivity index (χ4n) is 4.59. The maximum Gasteiger partial charge on any atom is 0.573 e. The predicted molar refractivity (Wildman–Crippen MR) is 165 cm³/mol. The number of hydrogen-bond acceptors (Lipinski definition) is 7. The molecule has 3 aromatic carbocycles. The highest BCUT2D eigenvalue weighted by molar-refractivity contribution is 8.15. The van der Waals surface area contributed by atoms with Crippen molar-refractivity contribution in [2.75, 3.05) is 24.3 Å². The van der Waals surface area contributed by atoms with Gasteiger partial charge in [0, 0.05) is 5.56 Å². The summed E-state index contributed by atoms with van der Waals surface area (Å²) in [6.07, 6.45) is -4.95. The average Bonchev–Trinajstić information content (AvgIpc) is 3.66. The van der Waals surface area contributed by atoms with Crippen LogP contribution >= 0.6 is 11.8 Å². The summed E-state index contributed by atoms with van der Waals surface area (Å²) in [5.41, 5.74) is 2.79. The molecule has 0 saturated carbocycles. The molecule has 46 heavy (non-hydrogen) atoms. The number of thioether (sulfide) groups is 1. The van der Waals surface area contributed by atoms with Crippen molar-refractivity contribution in [3.05, 3.63) is 84.2 Å². The number of alkyl halides is 4. The number of rotatable bonds is 9. The fourth-order valence-corrected chi connectivity index (χ4v) is 5.45. The van der Waals surface area contributed by atoms with Crippen LogP contribution in [-0.4, -0.2) is 57.6 Å². The van der Waals surface area contributed by atoms with Gasteiger partial charge >= 0.3 is 12.4 Å². The van der Waals surface area contributed by atoms with Gasteiger partial charge in [-0.25, -0.2) is 18.9 Å². The van der Waals surface area contributed by atoms with Crippen LogP contribution in [0.3, 0.4) is 0 Å². The molecular weight excluding hydrogens is 628 g/mol. The van der Waals surface area contributed by atoms with Crippen LogP contribution in [0.2, 0.25) is 0 Å². The molecule has 0 radical (unpaired) electrons. The SMILES string of the molecule is COc1ccc(N2C(=O)CS/C2=N\C(=O)NCC(F)c2ccc(-c3ncn(-c4ccc(OC(F)(F)F)cc4)n3)cc2)c(C(C)C)c1. The number of amidine groups is 1. The summed E-state index contributed by atoms with van der Waals surface area (Å²) in [5, 5.41) is 7.00. The van der Waals surface area contributed by atoms with Crippen LogP contribution in [-0.2, 0) is 4.79 Å². The quantitative estimate of drug-likeness (QED) is 0.197. The van der Waals surface area contributed by atoms with Gasteiger partial charge in [0.15, 0.2) is 11.0 Å². The minimum Gasteiger partial charge on any atom is -0.497 e. The largest absolute Gasteiger partial charge is 0.573 e. The number of carbonyl (C=O) groups is 2. The van der Waals surface area contributed by atoms with Crippen molar-refractivity contribution in [1.82, 2.24) is 20.1 Å². The summed E-state index contributed by atoms with van der Waals surface area (Å²) < 4.78 is 62.8. The topological polar surface area (TPSA) is 111 Å². The van der Waals surface area contributed by atoms with Crippen molar-refractivity contribution >= 4 is 34.6 Å². The van der Waals surface area contributed by atoms with Gasteiger partial charge in [-0.1, -0.05) is 49.9 Å². The number of halogens is 4. The third kappa shape index (κ3) is 7.65. The van der Waals surface area contributed by atoms with Crippen molar-refractivity contribution in [3.63, 3.8) is 0 Å². The molecule has 3 amide bonds. The summed E-state index contributed by atoms with van der Waals surface area (Å²) in [7, 11) is 1.56. The summed E-state index contributed by atoms with van der Waals surface area (Å²) in [6, 6.07) is 16.0. The molecule has 1 aliphatic rings. The van der Waals surface area contributed by atoms with Gasteiger partial charge in [-0.3, -0.25) is 9.69 Å². The van der Waals surface area contributed by atoms with Gasteiger partial charge in [-0.2, -0.15) is 4.99 Å². The minimum absolute atomic E-state index is 0.0613. The number of amides is 3. The van der Waals surface area contributed by atoms with E-state index in [4.69, 9.17) is 4.74 Å².